The Balaban J connectivity index is 2.13. The van der Waals surface area contributed by atoms with Gasteiger partial charge in [0.1, 0.15) is 5.60 Å². The molecule has 0 saturated carbocycles. The average molecular weight is 350 g/mol. The Morgan fingerprint density at radius 1 is 1.28 bits per heavy atom. The summed E-state index contributed by atoms with van der Waals surface area (Å²) in [6.07, 6.45) is 0.252. The Bertz CT molecular complexity index is 567. The molecule has 1 aromatic rings. The van der Waals surface area contributed by atoms with Crippen LogP contribution in [0.1, 0.15) is 37.9 Å². The van der Waals surface area contributed by atoms with Gasteiger partial charge in [0.2, 0.25) is 0 Å². The fraction of sp³-hybridized carbons (Fsp3) is 0.632. The number of carbonyl (C=O) groups excluding carboxylic acids is 1. The van der Waals surface area contributed by atoms with E-state index >= 15 is 0 Å². The number of ether oxygens (including phenoxy) is 3. The molecule has 6 heteroatoms. The van der Waals surface area contributed by atoms with Crippen LogP contribution in [-0.4, -0.2) is 56.7 Å². The van der Waals surface area contributed by atoms with Crippen molar-refractivity contribution >= 4 is 6.09 Å². The van der Waals surface area contributed by atoms with E-state index in [0.29, 0.717) is 19.6 Å². The predicted molar refractivity (Wildman–Crippen MR) is 96.5 cm³/mol. The molecule has 0 bridgehead atoms. The first-order valence-corrected chi connectivity index (χ1v) is 8.69. The van der Waals surface area contributed by atoms with Crippen LogP contribution in [0.5, 0.6) is 0 Å². The summed E-state index contributed by atoms with van der Waals surface area (Å²) in [6, 6.07) is 8.19. The van der Waals surface area contributed by atoms with E-state index in [1.807, 2.05) is 37.8 Å². The molecule has 0 aromatic heterocycles. The van der Waals surface area contributed by atoms with Crippen LogP contribution in [0.15, 0.2) is 24.3 Å². The van der Waals surface area contributed by atoms with Crippen LogP contribution in [0.2, 0.25) is 0 Å². The first kappa shape index (κ1) is 19.7. The third-order valence-electron chi connectivity index (χ3n) is 4.21. The van der Waals surface area contributed by atoms with Crippen molar-refractivity contribution in [1.29, 1.82) is 0 Å². The molecule has 6 nitrogen and oxygen atoms in total. The van der Waals surface area contributed by atoms with Gasteiger partial charge < -0.3 is 19.5 Å². The minimum absolute atomic E-state index is 0.0748. The Morgan fingerprint density at radius 3 is 2.60 bits per heavy atom. The zero-order valence-electron chi connectivity index (χ0n) is 15.9. The summed E-state index contributed by atoms with van der Waals surface area (Å²) in [7, 11) is 3.22. The number of carbonyl (C=O) groups is 1. The highest BCUT2D eigenvalue weighted by atomic mass is 16.7. The van der Waals surface area contributed by atoms with Crippen molar-refractivity contribution in [2.75, 3.05) is 33.9 Å². The molecule has 1 aliphatic heterocycles. The number of methoxy groups -OCH3 is 2. The van der Waals surface area contributed by atoms with Gasteiger partial charge in [-0.25, -0.2) is 4.79 Å². The molecule has 1 aromatic carbocycles. The molecule has 0 aliphatic carbocycles. The van der Waals surface area contributed by atoms with Gasteiger partial charge in [-0.1, -0.05) is 24.3 Å². The summed E-state index contributed by atoms with van der Waals surface area (Å²) < 4.78 is 16.0. The third-order valence-corrected chi connectivity index (χ3v) is 4.21. The molecule has 1 amide bonds. The molecule has 0 fully saturated rings. The summed E-state index contributed by atoms with van der Waals surface area (Å²) in [5, 5.41) is 3.35. The van der Waals surface area contributed by atoms with E-state index in [2.05, 4.69) is 17.4 Å². The lowest BCUT2D eigenvalue weighted by atomic mass is 9.93. The summed E-state index contributed by atoms with van der Waals surface area (Å²) >= 11 is 0. The van der Waals surface area contributed by atoms with Gasteiger partial charge in [0.15, 0.2) is 6.29 Å². The second-order valence-corrected chi connectivity index (χ2v) is 7.20. The zero-order chi connectivity index (χ0) is 18.4. The Kier molecular flexibility index (Phi) is 6.81. The quantitative estimate of drug-likeness (QED) is 0.800. The molecule has 0 saturated heterocycles. The van der Waals surface area contributed by atoms with Crippen LogP contribution < -0.4 is 5.32 Å². The van der Waals surface area contributed by atoms with Crippen molar-refractivity contribution in [1.82, 2.24) is 10.2 Å². The van der Waals surface area contributed by atoms with Crippen molar-refractivity contribution < 1.29 is 19.0 Å². The summed E-state index contributed by atoms with van der Waals surface area (Å²) in [5.41, 5.74) is 1.94. The standard InChI is InChI=1S/C19H30N2O4/c1-19(2,3)25-18(22)21-11-10-14-8-6-7-9-15(14)16(21)12-20-13-17(23-4)24-5/h6-9,16-17,20H,10-13H2,1-5H3. The Labute approximate surface area is 150 Å². The Morgan fingerprint density at radius 2 is 1.96 bits per heavy atom. The molecule has 1 aliphatic rings. The van der Waals surface area contributed by atoms with E-state index < -0.39 is 5.60 Å². The van der Waals surface area contributed by atoms with E-state index in [9.17, 15) is 4.79 Å². The van der Waals surface area contributed by atoms with Crippen LogP contribution in [0.25, 0.3) is 0 Å². The van der Waals surface area contributed by atoms with E-state index in [-0.39, 0.29) is 18.4 Å². The topological polar surface area (TPSA) is 60.0 Å². The van der Waals surface area contributed by atoms with Gasteiger partial charge in [0, 0.05) is 33.9 Å². The number of hydrogen-bond acceptors (Lipinski definition) is 5. The molecule has 25 heavy (non-hydrogen) atoms. The molecule has 1 heterocycles. The molecule has 1 atom stereocenters. The number of nitrogens with one attached hydrogen (secondary N) is 1. The maximum Gasteiger partial charge on any atom is 0.410 e. The largest absolute Gasteiger partial charge is 0.444 e. The SMILES string of the molecule is COC(CNCC1c2ccccc2CCN1C(=O)OC(C)(C)C)OC. The van der Waals surface area contributed by atoms with Gasteiger partial charge in [0.25, 0.3) is 0 Å². The number of hydrogen-bond donors (Lipinski definition) is 1. The molecular formula is C19H30N2O4. The molecule has 0 spiro atoms. The van der Waals surface area contributed by atoms with Gasteiger partial charge in [-0.3, -0.25) is 4.90 Å². The van der Waals surface area contributed by atoms with Crippen molar-refractivity contribution in [3.8, 4) is 0 Å². The van der Waals surface area contributed by atoms with Crippen LogP contribution in [-0.2, 0) is 20.6 Å². The summed E-state index contributed by atoms with van der Waals surface area (Å²) in [5.74, 6) is 0. The van der Waals surface area contributed by atoms with Crippen molar-refractivity contribution in [3.63, 3.8) is 0 Å². The second kappa shape index (κ2) is 8.65. The first-order valence-electron chi connectivity index (χ1n) is 8.69. The molecule has 1 unspecified atom stereocenters. The normalized spacial score (nSPS) is 17.5. The van der Waals surface area contributed by atoms with Gasteiger partial charge in [-0.05, 0) is 38.3 Å². The molecule has 2 rings (SSSR count). The predicted octanol–water partition coefficient (Wildman–Crippen LogP) is 2.73. The molecule has 1 N–H and O–H groups in total. The monoisotopic (exact) mass is 350 g/mol. The lowest BCUT2D eigenvalue weighted by Gasteiger charge is -2.38. The minimum atomic E-state index is -0.511. The second-order valence-electron chi connectivity index (χ2n) is 7.20. The van der Waals surface area contributed by atoms with E-state index in [1.54, 1.807) is 14.2 Å². The zero-order valence-corrected chi connectivity index (χ0v) is 15.9. The fourth-order valence-corrected chi connectivity index (χ4v) is 3.01. The smallest absolute Gasteiger partial charge is 0.410 e. The first-order chi connectivity index (χ1) is 11.9. The van der Waals surface area contributed by atoms with Crippen LogP contribution in [0, 0.1) is 0 Å². The maximum atomic E-state index is 12.7. The summed E-state index contributed by atoms with van der Waals surface area (Å²) in [4.78, 5) is 14.5. The summed E-state index contributed by atoms with van der Waals surface area (Å²) in [6.45, 7) is 7.47. The van der Waals surface area contributed by atoms with E-state index in [0.717, 1.165) is 6.42 Å². The fourth-order valence-electron chi connectivity index (χ4n) is 3.01. The van der Waals surface area contributed by atoms with Crippen molar-refractivity contribution in [2.45, 2.75) is 45.1 Å². The van der Waals surface area contributed by atoms with Crippen LogP contribution in [0.4, 0.5) is 4.79 Å². The third kappa shape index (κ3) is 5.42. The lowest BCUT2D eigenvalue weighted by Crippen LogP contribution is -2.47. The van der Waals surface area contributed by atoms with E-state index in [4.69, 9.17) is 14.2 Å². The minimum Gasteiger partial charge on any atom is -0.444 e. The highest BCUT2D eigenvalue weighted by molar-refractivity contribution is 5.69. The highest BCUT2D eigenvalue weighted by Gasteiger charge is 2.33. The average Bonchev–Trinajstić information content (AvgIpc) is 2.57. The molecule has 140 valence electrons. The van der Waals surface area contributed by atoms with Crippen LogP contribution >= 0.6 is 0 Å². The lowest BCUT2D eigenvalue weighted by molar-refractivity contribution is -0.0991. The van der Waals surface area contributed by atoms with Gasteiger partial charge >= 0.3 is 6.09 Å². The van der Waals surface area contributed by atoms with Gasteiger partial charge in [-0.15, -0.1) is 0 Å². The van der Waals surface area contributed by atoms with Gasteiger partial charge in [0.05, 0.1) is 6.04 Å². The number of rotatable bonds is 6. The van der Waals surface area contributed by atoms with E-state index in [1.165, 1.54) is 11.1 Å². The van der Waals surface area contributed by atoms with Gasteiger partial charge in [-0.2, -0.15) is 0 Å². The highest BCUT2D eigenvalue weighted by Crippen LogP contribution is 2.30. The number of amides is 1. The number of benzene rings is 1. The number of fused-ring (bicyclic) bond motifs is 1. The Hall–Kier alpha value is -1.63. The molecule has 0 radical (unpaired) electrons. The molecular weight excluding hydrogens is 320 g/mol. The van der Waals surface area contributed by atoms with Crippen molar-refractivity contribution in [3.05, 3.63) is 35.4 Å². The van der Waals surface area contributed by atoms with Crippen molar-refractivity contribution in [2.24, 2.45) is 0 Å². The number of nitrogens with zero attached hydrogens (tertiary/aromatic N) is 1. The maximum absolute atomic E-state index is 12.7. The van der Waals surface area contributed by atoms with Crippen LogP contribution in [0.3, 0.4) is 0 Å².